The van der Waals surface area contributed by atoms with Crippen LogP contribution < -0.4 is 0 Å². The fraction of sp³-hybridized carbons (Fsp3) is 0.636. The zero-order chi connectivity index (χ0) is 10.7. The summed E-state index contributed by atoms with van der Waals surface area (Å²) in [7, 11) is 0. The molecule has 1 heterocycles. The second kappa shape index (κ2) is 4.91. The first kappa shape index (κ1) is 11.7. The first-order chi connectivity index (χ1) is 6.50. The molecule has 0 aliphatic rings. The first-order valence-corrected chi connectivity index (χ1v) is 5.69. The average molecular weight is 214 g/mol. The van der Waals surface area contributed by atoms with Gasteiger partial charge in [0.25, 0.3) is 0 Å². The van der Waals surface area contributed by atoms with Gasteiger partial charge in [0.2, 0.25) is 0 Å². The Hall–Kier alpha value is -0.380. The van der Waals surface area contributed by atoms with Crippen LogP contribution in [0.15, 0.2) is 6.07 Å². The normalized spacial score (nSPS) is 13.6. The third kappa shape index (κ3) is 3.08. The molecule has 2 nitrogen and oxygen atoms in total. The highest BCUT2D eigenvalue weighted by Gasteiger charge is 2.12. The second-order valence-corrected chi connectivity index (χ2v) is 5.07. The quantitative estimate of drug-likeness (QED) is 0.835. The lowest BCUT2D eigenvalue weighted by molar-refractivity contribution is 0.00632. The maximum absolute atomic E-state index is 9.79. The minimum absolute atomic E-state index is 0.173. The summed E-state index contributed by atoms with van der Waals surface area (Å²) in [6, 6.07) is 2.04. The summed E-state index contributed by atoms with van der Waals surface area (Å²) >= 11 is 1.64. The van der Waals surface area contributed by atoms with Crippen molar-refractivity contribution in [2.24, 2.45) is 0 Å². The standard InChI is InChI=1S/C11H18O2S/c1-7(2)13-6-10(12)11-5-8(3)9(4)14-11/h5,7,10,12H,6H2,1-4H3. The number of hydrogen-bond donors (Lipinski definition) is 1. The van der Waals surface area contributed by atoms with E-state index in [0.29, 0.717) is 6.61 Å². The van der Waals surface area contributed by atoms with Crippen LogP contribution in [0.2, 0.25) is 0 Å². The molecule has 3 heteroatoms. The predicted octanol–water partition coefficient (Wildman–Crippen LogP) is 2.82. The van der Waals surface area contributed by atoms with Crippen molar-refractivity contribution in [3.63, 3.8) is 0 Å². The molecule has 0 fully saturated rings. The van der Waals surface area contributed by atoms with E-state index in [1.807, 2.05) is 19.9 Å². The summed E-state index contributed by atoms with van der Waals surface area (Å²) < 4.78 is 5.36. The van der Waals surface area contributed by atoms with E-state index in [-0.39, 0.29) is 6.10 Å². The average Bonchev–Trinajstić information content (AvgIpc) is 2.43. The van der Waals surface area contributed by atoms with E-state index in [4.69, 9.17) is 4.74 Å². The molecule has 1 unspecified atom stereocenters. The Labute approximate surface area is 89.5 Å². The van der Waals surface area contributed by atoms with E-state index < -0.39 is 6.10 Å². The van der Waals surface area contributed by atoms with Crippen molar-refractivity contribution in [1.29, 1.82) is 0 Å². The monoisotopic (exact) mass is 214 g/mol. The van der Waals surface area contributed by atoms with Crippen LogP contribution in [-0.2, 0) is 4.74 Å². The lowest BCUT2D eigenvalue weighted by Crippen LogP contribution is -2.10. The molecule has 14 heavy (non-hydrogen) atoms. The highest BCUT2D eigenvalue weighted by molar-refractivity contribution is 7.12. The number of ether oxygens (including phenoxy) is 1. The fourth-order valence-corrected chi connectivity index (χ4v) is 2.14. The Morgan fingerprint density at radius 3 is 2.50 bits per heavy atom. The molecule has 0 aromatic carbocycles. The van der Waals surface area contributed by atoms with Crippen molar-refractivity contribution in [1.82, 2.24) is 0 Å². The van der Waals surface area contributed by atoms with Crippen molar-refractivity contribution >= 4 is 11.3 Å². The molecule has 1 aromatic heterocycles. The molecule has 0 amide bonds. The van der Waals surface area contributed by atoms with Gasteiger partial charge in [-0.2, -0.15) is 0 Å². The first-order valence-electron chi connectivity index (χ1n) is 4.87. The minimum Gasteiger partial charge on any atom is -0.385 e. The number of aliphatic hydroxyl groups excluding tert-OH is 1. The van der Waals surface area contributed by atoms with E-state index in [1.165, 1.54) is 10.4 Å². The van der Waals surface area contributed by atoms with Gasteiger partial charge in [0, 0.05) is 9.75 Å². The number of thiophene rings is 1. The maximum Gasteiger partial charge on any atom is 0.111 e. The number of aliphatic hydroxyl groups is 1. The van der Waals surface area contributed by atoms with Crippen LogP contribution in [-0.4, -0.2) is 17.8 Å². The van der Waals surface area contributed by atoms with E-state index in [2.05, 4.69) is 13.8 Å². The molecular weight excluding hydrogens is 196 g/mol. The summed E-state index contributed by atoms with van der Waals surface area (Å²) in [6.07, 6.45) is -0.304. The molecule has 0 bridgehead atoms. The number of aryl methyl sites for hydroxylation is 2. The zero-order valence-corrected chi connectivity index (χ0v) is 10.0. The molecular formula is C11H18O2S. The number of rotatable bonds is 4. The van der Waals surface area contributed by atoms with Gasteiger partial charge in [0.15, 0.2) is 0 Å². The topological polar surface area (TPSA) is 29.5 Å². The van der Waals surface area contributed by atoms with Gasteiger partial charge in [-0.1, -0.05) is 0 Å². The Kier molecular flexibility index (Phi) is 4.11. The van der Waals surface area contributed by atoms with Gasteiger partial charge in [-0.25, -0.2) is 0 Å². The second-order valence-electron chi connectivity index (χ2n) is 3.79. The van der Waals surface area contributed by atoms with Crippen LogP contribution >= 0.6 is 11.3 Å². The molecule has 1 N–H and O–H groups in total. The molecule has 0 saturated carbocycles. The minimum atomic E-state index is -0.477. The van der Waals surface area contributed by atoms with Gasteiger partial charge in [-0.3, -0.25) is 0 Å². The van der Waals surface area contributed by atoms with Crippen LogP contribution in [0, 0.1) is 13.8 Å². The van der Waals surface area contributed by atoms with Gasteiger partial charge in [-0.05, 0) is 39.3 Å². The van der Waals surface area contributed by atoms with Gasteiger partial charge in [0.1, 0.15) is 6.10 Å². The summed E-state index contributed by atoms with van der Waals surface area (Å²) in [5, 5.41) is 9.79. The Bertz CT molecular complexity index is 272. The van der Waals surface area contributed by atoms with Crippen molar-refractivity contribution in [3.05, 3.63) is 21.4 Å². The molecule has 1 rings (SSSR count). The van der Waals surface area contributed by atoms with Crippen LogP contribution in [0.1, 0.15) is 35.3 Å². The van der Waals surface area contributed by atoms with Crippen molar-refractivity contribution in [2.45, 2.75) is 39.9 Å². The zero-order valence-electron chi connectivity index (χ0n) is 9.20. The van der Waals surface area contributed by atoms with E-state index in [0.717, 1.165) is 4.88 Å². The summed E-state index contributed by atoms with van der Waals surface area (Å²) in [6.45, 7) is 8.46. The lowest BCUT2D eigenvalue weighted by atomic mass is 10.2. The largest absolute Gasteiger partial charge is 0.385 e. The smallest absolute Gasteiger partial charge is 0.111 e. The van der Waals surface area contributed by atoms with Crippen LogP contribution in [0.4, 0.5) is 0 Å². The SMILES string of the molecule is Cc1cc(C(O)COC(C)C)sc1C. The molecule has 0 spiro atoms. The van der Waals surface area contributed by atoms with Gasteiger partial charge >= 0.3 is 0 Å². The van der Waals surface area contributed by atoms with Crippen molar-refractivity contribution < 1.29 is 9.84 Å². The van der Waals surface area contributed by atoms with E-state index >= 15 is 0 Å². The van der Waals surface area contributed by atoms with Crippen LogP contribution in [0.5, 0.6) is 0 Å². The highest BCUT2D eigenvalue weighted by Crippen LogP contribution is 2.26. The molecule has 1 aromatic rings. The molecule has 0 aliphatic heterocycles. The fourth-order valence-electron chi connectivity index (χ4n) is 1.13. The van der Waals surface area contributed by atoms with Gasteiger partial charge in [0.05, 0.1) is 12.7 Å². The van der Waals surface area contributed by atoms with E-state index in [1.54, 1.807) is 11.3 Å². The predicted molar refractivity (Wildman–Crippen MR) is 59.8 cm³/mol. The van der Waals surface area contributed by atoms with Crippen molar-refractivity contribution in [2.75, 3.05) is 6.61 Å². The highest BCUT2D eigenvalue weighted by atomic mass is 32.1. The van der Waals surface area contributed by atoms with E-state index in [9.17, 15) is 5.11 Å². The Morgan fingerprint density at radius 1 is 1.43 bits per heavy atom. The molecule has 80 valence electrons. The maximum atomic E-state index is 9.79. The summed E-state index contributed by atoms with van der Waals surface area (Å²) in [5.74, 6) is 0. The Balaban J connectivity index is 2.56. The molecule has 0 radical (unpaired) electrons. The third-order valence-corrected chi connectivity index (χ3v) is 3.35. The molecule has 1 atom stereocenters. The molecule has 0 aliphatic carbocycles. The summed E-state index contributed by atoms with van der Waals surface area (Å²) in [4.78, 5) is 2.27. The Morgan fingerprint density at radius 2 is 2.07 bits per heavy atom. The van der Waals surface area contributed by atoms with Crippen molar-refractivity contribution in [3.8, 4) is 0 Å². The van der Waals surface area contributed by atoms with Crippen LogP contribution in [0.25, 0.3) is 0 Å². The lowest BCUT2D eigenvalue weighted by Gasteiger charge is -2.11. The van der Waals surface area contributed by atoms with Crippen LogP contribution in [0.3, 0.4) is 0 Å². The molecule has 0 saturated heterocycles. The number of hydrogen-bond acceptors (Lipinski definition) is 3. The summed E-state index contributed by atoms with van der Waals surface area (Å²) in [5.41, 5.74) is 1.24. The third-order valence-electron chi connectivity index (χ3n) is 2.10. The van der Waals surface area contributed by atoms with Gasteiger partial charge < -0.3 is 9.84 Å². The van der Waals surface area contributed by atoms with Gasteiger partial charge in [-0.15, -0.1) is 11.3 Å².